The predicted molar refractivity (Wildman–Crippen MR) is 76.6 cm³/mol. The van der Waals surface area contributed by atoms with Crippen molar-refractivity contribution in [3.8, 4) is 5.69 Å². The van der Waals surface area contributed by atoms with Gasteiger partial charge in [-0.1, -0.05) is 23.4 Å². The van der Waals surface area contributed by atoms with Crippen LogP contribution in [0, 0.1) is 0 Å². The molecule has 106 valence electrons. The topological polar surface area (TPSA) is 54.2 Å². The third-order valence-corrected chi connectivity index (χ3v) is 4.29. The minimum atomic E-state index is -0.856. The molecule has 0 amide bonds. The van der Waals surface area contributed by atoms with Crippen LogP contribution >= 0.6 is 0 Å². The zero-order valence-corrected chi connectivity index (χ0v) is 11.9. The minimum absolute atomic E-state index is 0.341. The summed E-state index contributed by atoms with van der Waals surface area (Å²) in [6.07, 6.45) is 3.09. The maximum Gasteiger partial charge on any atom is 0.111 e. The van der Waals surface area contributed by atoms with Gasteiger partial charge < -0.3 is 10.0 Å². The van der Waals surface area contributed by atoms with E-state index in [1.807, 2.05) is 30.3 Å². The maximum atomic E-state index is 11.0. The van der Waals surface area contributed by atoms with E-state index >= 15 is 0 Å². The van der Waals surface area contributed by atoms with E-state index in [1.54, 1.807) is 10.9 Å². The van der Waals surface area contributed by atoms with E-state index in [0.29, 0.717) is 18.9 Å². The normalized spacial score (nSPS) is 27.6. The number of para-hydroxylation sites is 1. The lowest BCUT2D eigenvalue weighted by Crippen LogP contribution is -2.46. The smallest absolute Gasteiger partial charge is 0.111 e. The molecule has 0 bridgehead atoms. The molecule has 2 atom stereocenters. The highest BCUT2D eigenvalue weighted by atomic mass is 16.3. The molecule has 1 aromatic heterocycles. The van der Waals surface area contributed by atoms with Gasteiger partial charge in [0, 0.05) is 12.6 Å². The van der Waals surface area contributed by atoms with Crippen molar-refractivity contribution >= 4 is 0 Å². The fourth-order valence-electron chi connectivity index (χ4n) is 2.87. The van der Waals surface area contributed by atoms with Crippen LogP contribution in [0.3, 0.4) is 0 Å². The van der Waals surface area contributed by atoms with E-state index < -0.39 is 5.60 Å². The fourth-order valence-corrected chi connectivity index (χ4v) is 2.87. The molecule has 20 heavy (non-hydrogen) atoms. The van der Waals surface area contributed by atoms with Crippen molar-refractivity contribution in [2.24, 2.45) is 0 Å². The summed E-state index contributed by atoms with van der Waals surface area (Å²) in [7, 11) is 2.09. The van der Waals surface area contributed by atoms with Crippen molar-refractivity contribution in [3.05, 3.63) is 42.2 Å². The van der Waals surface area contributed by atoms with Crippen LogP contribution in [0.1, 0.15) is 25.5 Å². The van der Waals surface area contributed by atoms with Gasteiger partial charge in [-0.05, 0) is 38.9 Å². The van der Waals surface area contributed by atoms with Crippen LogP contribution in [0.5, 0.6) is 0 Å². The zero-order chi connectivity index (χ0) is 14.2. The Labute approximate surface area is 118 Å². The number of likely N-dealkylation sites (tertiary alicyclic amines) is 1. The van der Waals surface area contributed by atoms with Gasteiger partial charge in [0.2, 0.25) is 0 Å². The average Bonchev–Trinajstić information content (AvgIpc) is 2.95. The number of hydrogen-bond acceptors (Lipinski definition) is 4. The van der Waals surface area contributed by atoms with E-state index in [0.717, 1.165) is 17.9 Å². The molecule has 5 heteroatoms. The van der Waals surface area contributed by atoms with Gasteiger partial charge in [0.15, 0.2) is 0 Å². The molecule has 1 N–H and O–H groups in total. The van der Waals surface area contributed by atoms with Crippen LogP contribution in [-0.4, -0.2) is 44.6 Å². The molecule has 2 aromatic rings. The summed E-state index contributed by atoms with van der Waals surface area (Å²) in [6.45, 7) is 3.01. The lowest BCUT2D eigenvalue weighted by Gasteiger charge is -2.40. The third-order valence-electron chi connectivity index (χ3n) is 4.29. The number of aromatic nitrogens is 3. The molecule has 0 radical (unpaired) electrons. The van der Waals surface area contributed by atoms with Gasteiger partial charge in [0.25, 0.3) is 0 Å². The molecule has 3 rings (SSSR count). The quantitative estimate of drug-likeness (QED) is 0.901. The summed E-state index contributed by atoms with van der Waals surface area (Å²) in [5.41, 5.74) is 0.856. The van der Waals surface area contributed by atoms with Crippen molar-refractivity contribution in [2.75, 3.05) is 13.6 Å². The van der Waals surface area contributed by atoms with Crippen molar-refractivity contribution in [3.63, 3.8) is 0 Å². The van der Waals surface area contributed by atoms with E-state index in [-0.39, 0.29) is 0 Å². The first-order chi connectivity index (χ1) is 9.60. The monoisotopic (exact) mass is 272 g/mol. The molecule has 5 nitrogen and oxygen atoms in total. The Morgan fingerprint density at radius 1 is 1.30 bits per heavy atom. The van der Waals surface area contributed by atoms with Crippen LogP contribution in [0.2, 0.25) is 0 Å². The van der Waals surface area contributed by atoms with Gasteiger partial charge in [-0.3, -0.25) is 0 Å². The second-order valence-electron chi connectivity index (χ2n) is 5.68. The highest BCUT2D eigenvalue weighted by Crippen LogP contribution is 2.35. The summed E-state index contributed by atoms with van der Waals surface area (Å²) >= 11 is 0. The number of aliphatic hydroxyl groups is 1. The molecule has 2 heterocycles. The number of piperidine rings is 1. The minimum Gasteiger partial charge on any atom is -0.383 e. The molecule has 0 aliphatic carbocycles. The summed E-state index contributed by atoms with van der Waals surface area (Å²) < 4.78 is 1.75. The molecule has 1 aliphatic rings. The Hall–Kier alpha value is -1.72. The van der Waals surface area contributed by atoms with Gasteiger partial charge in [-0.25, -0.2) is 4.68 Å². The maximum absolute atomic E-state index is 11.0. The Morgan fingerprint density at radius 3 is 2.75 bits per heavy atom. The SMILES string of the molecule is CC1CC(O)(c2cnnn2-c2ccccc2)CCN1C. The van der Waals surface area contributed by atoms with E-state index in [1.165, 1.54) is 0 Å². The van der Waals surface area contributed by atoms with Crippen LogP contribution < -0.4 is 0 Å². The van der Waals surface area contributed by atoms with E-state index in [2.05, 4.69) is 29.2 Å². The molecule has 0 saturated carbocycles. The largest absolute Gasteiger partial charge is 0.383 e. The van der Waals surface area contributed by atoms with Gasteiger partial charge in [-0.15, -0.1) is 5.10 Å². The molecule has 0 spiro atoms. The summed E-state index contributed by atoms with van der Waals surface area (Å²) in [4.78, 5) is 2.27. The van der Waals surface area contributed by atoms with E-state index in [4.69, 9.17) is 0 Å². The first kappa shape index (κ1) is 13.3. The summed E-state index contributed by atoms with van der Waals surface area (Å²) in [5, 5.41) is 19.2. The summed E-state index contributed by atoms with van der Waals surface area (Å²) in [6, 6.07) is 10.2. The van der Waals surface area contributed by atoms with Gasteiger partial charge >= 0.3 is 0 Å². The number of rotatable bonds is 2. The highest BCUT2D eigenvalue weighted by Gasteiger charge is 2.39. The van der Waals surface area contributed by atoms with Crippen molar-refractivity contribution in [1.29, 1.82) is 0 Å². The number of nitrogens with zero attached hydrogens (tertiary/aromatic N) is 4. The van der Waals surface area contributed by atoms with Gasteiger partial charge in [0.05, 0.1) is 17.6 Å². The van der Waals surface area contributed by atoms with Crippen molar-refractivity contribution in [1.82, 2.24) is 19.9 Å². The molecule has 1 fully saturated rings. The average molecular weight is 272 g/mol. The Balaban J connectivity index is 1.98. The van der Waals surface area contributed by atoms with Crippen LogP contribution in [0.15, 0.2) is 36.5 Å². The Morgan fingerprint density at radius 2 is 2.05 bits per heavy atom. The van der Waals surface area contributed by atoms with Crippen molar-refractivity contribution < 1.29 is 5.11 Å². The van der Waals surface area contributed by atoms with Gasteiger partial charge in [-0.2, -0.15) is 0 Å². The lowest BCUT2D eigenvalue weighted by atomic mass is 9.84. The van der Waals surface area contributed by atoms with Gasteiger partial charge in [0.1, 0.15) is 5.60 Å². The second kappa shape index (κ2) is 5.00. The van der Waals surface area contributed by atoms with Crippen molar-refractivity contribution in [2.45, 2.75) is 31.4 Å². The summed E-state index contributed by atoms with van der Waals surface area (Å²) in [5.74, 6) is 0. The molecule has 1 aromatic carbocycles. The first-order valence-electron chi connectivity index (χ1n) is 6.99. The van der Waals surface area contributed by atoms with Crippen LogP contribution in [0.25, 0.3) is 5.69 Å². The Bertz CT molecular complexity index is 583. The zero-order valence-electron chi connectivity index (χ0n) is 11.9. The van der Waals surface area contributed by atoms with Crippen LogP contribution in [-0.2, 0) is 5.60 Å². The number of hydrogen-bond donors (Lipinski definition) is 1. The third kappa shape index (κ3) is 2.23. The molecular weight excluding hydrogens is 252 g/mol. The fraction of sp³-hybridized carbons (Fsp3) is 0.467. The molecule has 1 saturated heterocycles. The predicted octanol–water partition coefficient (Wildman–Crippen LogP) is 1.57. The van der Waals surface area contributed by atoms with E-state index in [9.17, 15) is 5.11 Å². The molecule has 2 unspecified atom stereocenters. The highest BCUT2D eigenvalue weighted by molar-refractivity contribution is 5.33. The standard InChI is InChI=1S/C15H20N4O/c1-12-10-15(20,8-9-18(12)2)14-11-16-17-19(14)13-6-4-3-5-7-13/h3-7,11-12,20H,8-10H2,1-2H3. The Kier molecular flexibility index (Phi) is 3.31. The first-order valence-corrected chi connectivity index (χ1v) is 6.99. The molecular formula is C15H20N4O. The number of benzene rings is 1. The molecule has 1 aliphatic heterocycles. The lowest BCUT2D eigenvalue weighted by molar-refractivity contribution is -0.0456. The second-order valence-corrected chi connectivity index (χ2v) is 5.68. The van der Waals surface area contributed by atoms with Crippen LogP contribution in [0.4, 0.5) is 0 Å².